The number of likely N-dealkylation sites (tertiary alicyclic amines) is 1. The highest BCUT2D eigenvalue weighted by molar-refractivity contribution is 7.09. The molecular weight excluding hydrogens is 320 g/mol. The van der Waals surface area contributed by atoms with E-state index in [1.165, 1.54) is 18.4 Å². The minimum absolute atomic E-state index is 0.138. The first-order chi connectivity index (χ1) is 11.7. The normalized spacial score (nSPS) is 16.0. The zero-order chi connectivity index (χ0) is 16.8. The molecule has 128 valence electrons. The van der Waals surface area contributed by atoms with Gasteiger partial charge in [0.05, 0.1) is 23.3 Å². The predicted octanol–water partition coefficient (Wildman–Crippen LogP) is 3.09. The first-order valence-electron chi connectivity index (χ1n) is 8.44. The van der Waals surface area contributed by atoms with Gasteiger partial charge in [0.1, 0.15) is 0 Å². The summed E-state index contributed by atoms with van der Waals surface area (Å²) in [5.74, 6) is 0. The fraction of sp³-hybridized carbons (Fsp3) is 0.444. The SMILES string of the molecule is Cc1nc(CNC(=O)NC[C@H](c2ccccc2)N2CCCC2)cs1. The van der Waals surface area contributed by atoms with Crippen LogP contribution < -0.4 is 10.6 Å². The molecule has 1 aromatic carbocycles. The molecule has 0 radical (unpaired) electrons. The molecule has 0 spiro atoms. The second-order valence-electron chi connectivity index (χ2n) is 6.09. The highest BCUT2D eigenvalue weighted by atomic mass is 32.1. The molecule has 2 aromatic rings. The first kappa shape index (κ1) is 16.9. The summed E-state index contributed by atoms with van der Waals surface area (Å²) < 4.78 is 0. The summed E-state index contributed by atoms with van der Waals surface area (Å²) >= 11 is 1.60. The Morgan fingerprint density at radius 3 is 2.67 bits per heavy atom. The number of nitrogens with zero attached hydrogens (tertiary/aromatic N) is 2. The van der Waals surface area contributed by atoms with Crippen molar-refractivity contribution in [1.82, 2.24) is 20.5 Å². The van der Waals surface area contributed by atoms with E-state index >= 15 is 0 Å². The molecule has 0 saturated carbocycles. The Morgan fingerprint density at radius 1 is 1.25 bits per heavy atom. The molecule has 3 rings (SSSR count). The van der Waals surface area contributed by atoms with Gasteiger partial charge in [-0.15, -0.1) is 11.3 Å². The molecule has 1 atom stereocenters. The van der Waals surface area contributed by atoms with Gasteiger partial charge >= 0.3 is 6.03 Å². The number of amides is 2. The summed E-state index contributed by atoms with van der Waals surface area (Å²) in [5, 5.41) is 8.90. The number of nitrogens with one attached hydrogen (secondary N) is 2. The minimum atomic E-state index is -0.138. The van der Waals surface area contributed by atoms with Crippen LogP contribution in [0.1, 0.15) is 35.1 Å². The Bertz CT molecular complexity index is 652. The van der Waals surface area contributed by atoms with E-state index in [2.05, 4.69) is 44.8 Å². The lowest BCUT2D eigenvalue weighted by Gasteiger charge is -2.28. The quantitative estimate of drug-likeness (QED) is 0.847. The third-order valence-electron chi connectivity index (χ3n) is 4.32. The van der Waals surface area contributed by atoms with Gasteiger partial charge in [-0.1, -0.05) is 30.3 Å². The number of hydrogen-bond donors (Lipinski definition) is 2. The smallest absolute Gasteiger partial charge is 0.315 e. The number of urea groups is 1. The number of rotatable bonds is 6. The lowest BCUT2D eigenvalue weighted by Crippen LogP contribution is -2.41. The lowest BCUT2D eigenvalue weighted by molar-refractivity contribution is 0.220. The van der Waals surface area contributed by atoms with Crippen LogP contribution >= 0.6 is 11.3 Å². The molecule has 1 aromatic heterocycles. The zero-order valence-corrected chi connectivity index (χ0v) is 14.8. The molecule has 1 saturated heterocycles. The Hall–Kier alpha value is -1.92. The van der Waals surface area contributed by atoms with Crippen molar-refractivity contribution in [1.29, 1.82) is 0 Å². The van der Waals surface area contributed by atoms with E-state index in [9.17, 15) is 4.79 Å². The number of carbonyl (C=O) groups excluding carboxylic acids is 1. The minimum Gasteiger partial charge on any atom is -0.336 e. The highest BCUT2D eigenvalue weighted by Crippen LogP contribution is 2.24. The number of aromatic nitrogens is 1. The fourth-order valence-corrected chi connectivity index (χ4v) is 3.71. The molecule has 1 aliphatic rings. The summed E-state index contributed by atoms with van der Waals surface area (Å²) in [6.45, 7) is 5.25. The molecule has 0 unspecified atom stereocenters. The molecule has 24 heavy (non-hydrogen) atoms. The van der Waals surface area contributed by atoms with Crippen molar-refractivity contribution < 1.29 is 4.79 Å². The van der Waals surface area contributed by atoms with Crippen LogP contribution in [0.25, 0.3) is 0 Å². The van der Waals surface area contributed by atoms with Crippen LogP contribution in [0.5, 0.6) is 0 Å². The van der Waals surface area contributed by atoms with Crippen LogP contribution in [0.4, 0.5) is 4.79 Å². The summed E-state index contributed by atoms with van der Waals surface area (Å²) in [5.41, 5.74) is 2.17. The topological polar surface area (TPSA) is 57.3 Å². The van der Waals surface area contributed by atoms with Crippen molar-refractivity contribution in [3.8, 4) is 0 Å². The van der Waals surface area contributed by atoms with Gasteiger partial charge < -0.3 is 10.6 Å². The Morgan fingerprint density at radius 2 is 2.00 bits per heavy atom. The van der Waals surface area contributed by atoms with Gasteiger partial charge in [-0.05, 0) is 38.4 Å². The van der Waals surface area contributed by atoms with E-state index in [1.54, 1.807) is 11.3 Å². The number of benzene rings is 1. The first-order valence-corrected chi connectivity index (χ1v) is 9.32. The maximum atomic E-state index is 12.1. The van der Waals surface area contributed by atoms with Crippen molar-refractivity contribution in [2.45, 2.75) is 32.4 Å². The molecule has 0 bridgehead atoms. The van der Waals surface area contributed by atoms with E-state index in [0.29, 0.717) is 13.1 Å². The highest BCUT2D eigenvalue weighted by Gasteiger charge is 2.23. The monoisotopic (exact) mass is 344 g/mol. The number of aryl methyl sites for hydroxylation is 1. The Kier molecular flexibility index (Phi) is 5.82. The van der Waals surface area contributed by atoms with E-state index in [1.807, 2.05) is 18.4 Å². The maximum absolute atomic E-state index is 12.1. The molecule has 2 heterocycles. The molecule has 5 nitrogen and oxygen atoms in total. The van der Waals surface area contributed by atoms with Crippen LogP contribution in [0.2, 0.25) is 0 Å². The van der Waals surface area contributed by atoms with Crippen molar-refractivity contribution >= 4 is 17.4 Å². The van der Waals surface area contributed by atoms with Gasteiger partial charge in [-0.2, -0.15) is 0 Å². The van der Waals surface area contributed by atoms with E-state index in [-0.39, 0.29) is 12.1 Å². The van der Waals surface area contributed by atoms with Crippen molar-refractivity contribution in [3.63, 3.8) is 0 Å². The summed E-state index contributed by atoms with van der Waals surface area (Å²) in [6.07, 6.45) is 2.47. The van der Waals surface area contributed by atoms with Crippen LogP contribution in [-0.2, 0) is 6.54 Å². The molecular formula is C18H24N4OS. The van der Waals surface area contributed by atoms with Crippen LogP contribution in [0, 0.1) is 6.92 Å². The lowest BCUT2D eigenvalue weighted by atomic mass is 10.1. The average Bonchev–Trinajstić information content (AvgIpc) is 3.26. The van der Waals surface area contributed by atoms with Gasteiger partial charge in [-0.25, -0.2) is 9.78 Å². The second-order valence-corrected chi connectivity index (χ2v) is 7.15. The van der Waals surface area contributed by atoms with Gasteiger partial charge in [0.15, 0.2) is 0 Å². The van der Waals surface area contributed by atoms with Gasteiger partial charge in [-0.3, -0.25) is 4.90 Å². The number of thiazole rings is 1. The number of carbonyl (C=O) groups is 1. The van der Waals surface area contributed by atoms with Gasteiger partial charge in [0, 0.05) is 11.9 Å². The Balaban J connectivity index is 1.54. The standard InChI is InChI=1S/C18H24N4OS/c1-14-21-16(13-24-14)11-19-18(23)20-12-17(22-9-5-6-10-22)15-7-3-2-4-8-15/h2-4,7-8,13,17H,5-6,9-12H2,1H3,(H2,19,20,23)/t17-/m1/s1. The summed E-state index contributed by atoms with van der Waals surface area (Å²) in [7, 11) is 0. The molecule has 2 N–H and O–H groups in total. The average molecular weight is 344 g/mol. The van der Waals surface area contributed by atoms with Gasteiger partial charge in [0.2, 0.25) is 0 Å². The molecule has 0 aliphatic carbocycles. The number of hydrogen-bond acceptors (Lipinski definition) is 4. The summed E-state index contributed by atoms with van der Waals surface area (Å²) in [6, 6.07) is 10.5. The second kappa shape index (κ2) is 8.26. The zero-order valence-electron chi connectivity index (χ0n) is 14.0. The maximum Gasteiger partial charge on any atom is 0.315 e. The molecule has 6 heteroatoms. The largest absolute Gasteiger partial charge is 0.336 e. The van der Waals surface area contributed by atoms with Crippen molar-refractivity contribution in [2.75, 3.05) is 19.6 Å². The molecule has 1 aliphatic heterocycles. The van der Waals surface area contributed by atoms with E-state index in [4.69, 9.17) is 0 Å². The van der Waals surface area contributed by atoms with Crippen LogP contribution in [-0.4, -0.2) is 35.5 Å². The molecule has 1 fully saturated rings. The van der Waals surface area contributed by atoms with Crippen molar-refractivity contribution in [3.05, 3.63) is 52.0 Å². The fourth-order valence-electron chi connectivity index (χ4n) is 3.10. The van der Waals surface area contributed by atoms with Crippen LogP contribution in [0.15, 0.2) is 35.7 Å². The van der Waals surface area contributed by atoms with Crippen molar-refractivity contribution in [2.24, 2.45) is 0 Å². The van der Waals surface area contributed by atoms with E-state index < -0.39 is 0 Å². The van der Waals surface area contributed by atoms with E-state index in [0.717, 1.165) is 23.8 Å². The third kappa shape index (κ3) is 4.55. The summed E-state index contributed by atoms with van der Waals surface area (Å²) in [4.78, 5) is 18.9. The Labute approximate surface area is 147 Å². The van der Waals surface area contributed by atoms with Crippen LogP contribution in [0.3, 0.4) is 0 Å². The van der Waals surface area contributed by atoms with Gasteiger partial charge in [0.25, 0.3) is 0 Å². The predicted molar refractivity (Wildman–Crippen MR) is 97.1 cm³/mol. The third-order valence-corrected chi connectivity index (χ3v) is 5.14. The molecule has 2 amide bonds.